The van der Waals surface area contributed by atoms with Crippen LogP contribution in [0.25, 0.3) is 0 Å². The summed E-state index contributed by atoms with van der Waals surface area (Å²) in [7, 11) is 0. The van der Waals surface area contributed by atoms with Gasteiger partial charge < -0.3 is 10.1 Å². The van der Waals surface area contributed by atoms with E-state index in [0.717, 1.165) is 0 Å². The summed E-state index contributed by atoms with van der Waals surface area (Å²) in [6.45, 7) is 5.38. The molecule has 4 nitrogen and oxygen atoms in total. The smallest absolute Gasteiger partial charge is 0.261 e. The number of ether oxygens (including phenoxy) is 1. The monoisotopic (exact) mass is 301 g/mol. The number of hydrogen-bond donors (Lipinski definition) is 1. The summed E-state index contributed by atoms with van der Waals surface area (Å²) in [5.74, 6) is -0.190. The van der Waals surface area contributed by atoms with Gasteiger partial charge in [-0.3, -0.25) is 9.59 Å². The van der Waals surface area contributed by atoms with E-state index in [-0.39, 0.29) is 22.2 Å². The zero-order chi connectivity index (χ0) is 14.4. The highest BCUT2D eigenvalue weighted by molar-refractivity contribution is 6.36. The second kappa shape index (κ2) is 7.16. The molecule has 0 radical (unpaired) electrons. The molecule has 0 aliphatic carbocycles. The Balaban J connectivity index is 2.89. The first-order valence-electron chi connectivity index (χ1n) is 5.49. The van der Waals surface area contributed by atoms with Crippen LogP contribution < -0.4 is 10.1 Å². The van der Waals surface area contributed by atoms with E-state index in [4.69, 9.17) is 27.9 Å². The van der Waals surface area contributed by atoms with Crippen LogP contribution in [0.5, 0.6) is 5.75 Å². The van der Waals surface area contributed by atoms with Crippen LogP contribution in [0.1, 0.15) is 17.3 Å². The number of amides is 1. The fraction of sp³-hybridized carbons (Fsp3) is 0.231. The van der Waals surface area contributed by atoms with Gasteiger partial charge in [-0.05, 0) is 19.1 Å². The molecular weight excluding hydrogens is 289 g/mol. The summed E-state index contributed by atoms with van der Waals surface area (Å²) in [5.41, 5.74) is 0.195. The van der Waals surface area contributed by atoms with E-state index in [0.29, 0.717) is 17.9 Å². The molecule has 1 amide bonds. The Kier molecular flexibility index (Phi) is 5.86. The average Bonchev–Trinajstić information content (AvgIpc) is 2.38. The van der Waals surface area contributed by atoms with Gasteiger partial charge in [-0.1, -0.05) is 29.3 Å². The lowest BCUT2D eigenvalue weighted by Gasteiger charge is -2.16. The van der Waals surface area contributed by atoms with E-state index in [1.807, 2.05) is 0 Å². The fourth-order valence-corrected chi connectivity index (χ4v) is 1.89. The SMILES string of the molecule is C=CCNC(=O)C(C)Oc1c(Cl)cc(Cl)cc1C=O. The number of aldehydes is 1. The van der Waals surface area contributed by atoms with Gasteiger partial charge in [-0.15, -0.1) is 6.58 Å². The van der Waals surface area contributed by atoms with E-state index in [9.17, 15) is 9.59 Å². The van der Waals surface area contributed by atoms with E-state index in [1.165, 1.54) is 12.1 Å². The fourth-order valence-electron chi connectivity index (χ4n) is 1.34. The number of halogens is 2. The van der Waals surface area contributed by atoms with Gasteiger partial charge >= 0.3 is 0 Å². The van der Waals surface area contributed by atoms with Gasteiger partial charge in [0.15, 0.2) is 12.4 Å². The van der Waals surface area contributed by atoms with Crippen LogP contribution in [0.4, 0.5) is 0 Å². The van der Waals surface area contributed by atoms with Crippen molar-refractivity contribution in [2.75, 3.05) is 6.54 Å². The average molecular weight is 302 g/mol. The third kappa shape index (κ3) is 4.26. The molecule has 0 spiro atoms. The molecule has 0 bridgehead atoms. The van der Waals surface area contributed by atoms with Gasteiger partial charge in [-0.2, -0.15) is 0 Å². The van der Waals surface area contributed by atoms with E-state index >= 15 is 0 Å². The predicted octanol–water partition coefficient (Wildman–Crippen LogP) is 2.88. The maximum absolute atomic E-state index is 11.6. The van der Waals surface area contributed by atoms with E-state index in [1.54, 1.807) is 13.0 Å². The van der Waals surface area contributed by atoms with Crippen molar-refractivity contribution >= 4 is 35.4 Å². The summed E-state index contributed by atoms with van der Waals surface area (Å²) < 4.78 is 5.41. The summed E-state index contributed by atoms with van der Waals surface area (Å²) in [4.78, 5) is 22.6. The van der Waals surface area contributed by atoms with Crippen LogP contribution in [0.15, 0.2) is 24.8 Å². The zero-order valence-electron chi connectivity index (χ0n) is 10.3. The first-order chi connectivity index (χ1) is 8.99. The lowest BCUT2D eigenvalue weighted by atomic mass is 10.2. The molecule has 1 aromatic rings. The van der Waals surface area contributed by atoms with Gasteiger partial charge in [0, 0.05) is 11.6 Å². The van der Waals surface area contributed by atoms with E-state index < -0.39 is 6.10 Å². The van der Waals surface area contributed by atoms with Crippen LogP contribution in [0.3, 0.4) is 0 Å². The molecule has 1 N–H and O–H groups in total. The van der Waals surface area contributed by atoms with Crippen molar-refractivity contribution in [3.63, 3.8) is 0 Å². The van der Waals surface area contributed by atoms with Crippen LogP contribution in [0, 0.1) is 0 Å². The lowest BCUT2D eigenvalue weighted by molar-refractivity contribution is -0.127. The van der Waals surface area contributed by atoms with Crippen LogP contribution >= 0.6 is 23.2 Å². The molecular formula is C13H13Cl2NO3. The van der Waals surface area contributed by atoms with Crippen LogP contribution in [-0.2, 0) is 4.79 Å². The first kappa shape index (κ1) is 15.5. The van der Waals surface area contributed by atoms with Gasteiger partial charge in [-0.25, -0.2) is 0 Å². The van der Waals surface area contributed by atoms with Crippen molar-refractivity contribution in [1.29, 1.82) is 0 Å². The molecule has 0 saturated heterocycles. The molecule has 0 saturated carbocycles. The maximum Gasteiger partial charge on any atom is 0.261 e. The Labute approximate surface area is 121 Å². The van der Waals surface area contributed by atoms with Crippen molar-refractivity contribution in [2.45, 2.75) is 13.0 Å². The van der Waals surface area contributed by atoms with Crippen LogP contribution in [-0.4, -0.2) is 24.8 Å². The van der Waals surface area contributed by atoms with Crippen molar-refractivity contribution in [3.8, 4) is 5.75 Å². The molecule has 1 aromatic carbocycles. The van der Waals surface area contributed by atoms with Gasteiger partial charge in [0.2, 0.25) is 0 Å². The molecule has 6 heteroatoms. The minimum atomic E-state index is -0.794. The topological polar surface area (TPSA) is 55.4 Å². The summed E-state index contributed by atoms with van der Waals surface area (Å²) in [6, 6.07) is 2.87. The Morgan fingerprint density at radius 3 is 2.79 bits per heavy atom. The van der Waals surface area contributed by atoms with Crippen molar-refractivity contribution in [3.05, 3.63) is 40.4 Å². The van der Waals surface area contributed by atoms with Gasteiger partial charge in [0.25, 0.3) is 5.91 Å². The lowest BCUT2D eigenvalue weighted by Crippen LogP contribution is -2.36. The predicted molar refractivity (Wildman–Crippen MR) is 75.1 cm³/mol. The highest BCUT2D eigenvalue weighted by atomic mass is 35.5. The molecule has 1 atom stereocenters. The molecule has 0 fully saturated rings. The normalized spacial score (nSPS) is 11.5. The van der Waals surface area contributed by atoms with Gasteiger partial charge in [0.05, 0.1) is 10.6 Å². The Morgan fingerprint density at radius 1 is 1.53 bits per heavy atom. The van der Waals surface area contributed by atoms with Crippen molar-refractivity contribution < 1.29 is 14.3 Å². The summed E-state index contributed by atoms with van der Waals surface area (Å²) in [5, 5.41) is 3.08. The first-order valence-corrected chi connectivity index (χ1v) is 6.24. The third-order valence-electron chi connectivity index (χ3n) is 2.25. The van der Waals surface area contributed by atoms with E-state index in [2.05, 4.69) is 11.9 Å². The minimum Gasteiger partial charge on any atom is -0.479 e. The van der Waals surface area contributed by atoms with Gasteiger partial charge in [0.1, 0.15) is 5.75 Å². The number of rotatable bonds is 6. The third-order valence-corrected chi connectivity index (χ3v) is 2.75. The Hall–Kier alpha value is -1.52. The number of nitrogens with one attached hydrogen (secondary N) is 1. The Morgan fingerprint density at radius 2 is 2.21 bits per heavy atom. The van der Waals surface area contributed by atoms with Crippen molar-refractivity contribution in [2.24, 2.45) is 0 Å². The van der Waals surface area contributed by atoms with Crippen molar-refractivity contribution in [1.82, 2.24) is 5.32 Å². The molecule has 102 valence electrons. The largest absolute Gasteiger partial charge is 0.479 e. The maximum atomic E-state index is 11.6. The number of benzene rings is 1. The second-order valence-corrected chi connectivity index (χ2v) is 4.56. The quantitative estimate of drug-likeness (QED) is 0.649. The number of carbonyl (C=O) groups is 2. The molecule has 0 aliphatic rings. The molecule has 0 aromatic heterocycles. The highest BCUT2D eigenvalue weighted by Crippen LogP contribution is 2.32. The molecule has 1 unspecified atom stereocenters. The number of hydrogen-bond acceptors (Lipinski definition) is 3. The van der Waals surface area contributed by atoms with Crippen LogP contribution in [0.2, 0.25) is 10.0 Å². The highest BCUT2D eigenvalue weighted by Gasteiger charge is 2.18. The Bertz CT molecular complexity index is 503. The molecule has 19 heavy (non-hydrogen) atoms. The standard InChI is InChI=1S/C13H13Cl2NO3/c1-3-4-16-13(18)8(2)19-12-9(7-17)5-10(14)6-11(12)15/h3,5-8H,1,4H2,2H3,(H,16,18). The minimum absolute atomic E-state index is 0.141. The molecule has 0 aliphatic heterocycles. The molecule has 0 heterocycles. The second-order valence-electron chi connectivity index (χ2n) is 3.72. The zero-order valence-corrected chi connectivity index (χ0v) is 11.8. The summed E-state index contributed by atoms with van der Waals surface area (Å²) in [6.07, 6.45) is 1.33. The summed E-state index contributed by atoms with van der Waals surface area (Å²) >= 11 is 11.7. The molecule has 1 rings (SSSR count). The number of carbonyl (C=O) groups excluding carboxylic acids is 2.